The molecule has 0 saturated carbocycles. The third-order valence-electron chi connectivity index (χ3n) is 5.03. The predicted molar refractivity (Wildman–Crippen MR) is 110 cm³/mol. The van der Waals surface area contributed by atoms with Crippen LogP contribution in [0.2, 0.25) is 0 Å². The number of hydrogen-bond acceptors (Lipinski definition) is 6. The Kier molecular flexibility index (Phi) is 4.87. The minimum Gasteiger partial charge on any atom is -0.506 e. The number of benzene rings is 2. The van der Waals surface area contributed by atoms with Gasteiger partial charge >= 0.3 is 5.97 Å². The van der Waals surface area contributed by atoms with Crippen LogP contribution >= 0.6 is 0 Å². The Morgan fingerprint density at radius 2 is 1.83 bits per heavy atom. The Morgan fingerprint density at radius 1 is 1.07 bits per heavy atom. The number of esters is 1. The molecule has 0 unspecified atom stereocenters. The van der Waals surface area contributed by atoms with Gasteiger partial charge in [0.05, 0.1) is 0 Å². The monoisotopic (exact) mass is 404 g/mol. The van der Waals surface area contributed by atoms with E-state index < -0.39 is 12.6 Å². The van der Waals surface area contributed by atoms with E-state index in [4.69, 9.17) is 9.26 Å². The number of ketones is 1. The van der Waals surface area contributed by atoms with Crippen LogP contribution in [0, 0.1) is 20.8 Å². The molecule has 2 aromatic carbocycles. The SMILES string of the molecule is Cc1cc(-n2c(C)cc(C(=O)COC(=O)c3ccc4ccccc4c3O)c2C)no1. The first-order valence-electron chi connectivity index (χ1n) is 9.40. The molecule has 30 heavy (non-hydrogen) atoms. The summed E-state index contributed by atoms with van der Waals surface area (Å²) < 4.78 is 12.1. The maximum absolute atomic E-state index is 12.7. The quantitative estimate of drug-likeness (QED) is 0.394. The number of Topliss-reactive ketones (excluding diaryl/α,β-unsaturated/α-hetero) is 1. The first kappa shape index (κ1) is 19.4. The van der Waals surface area contributed by atoms with Gasteiger partial charge < -0.3 is 14.4 Å². The molecule has 0 aliphatic carbocycles. The van der Waals surface area contributed by atoms with Gasteiger partial charge in [0.2, 0.25) is 5.78 Å². The summed E-state index contributed by atoms with van der Waals surface area (Å²) in [7, 11) is 0. The van der Waals surface area contributed by atoms with E-state index in [1.54, 1.807) is 48.7 Å². The molecule has 152 valence electrons. The van der Waals surface area contributed by atoms with E-state index in [9.17, 15) is 14.7 Å². The van der Waals surface area contributed by atoms with Crippen LogP contribution in [0.1, 0.15) is 37.9 Å². The third kappa shape index (κ3) is 3.34. The van der Waals surface area contributed by atoms with Crippen molar-refractivity contribution in [1.29, 1.82) is 0 Å². The minimum absolute atomic E-state index is 0.0186. The number of ether oxygens (including phenoxy) is 1. The van der Waals surface area contributed by atoms with Crippen LogP contribution in [0.5, 0.6) is 5.75 Å². The number of aryl methyl sites for hydroxylation is 2. The molecule has 0 atom stereocenters. The van der Waals surface area contributed by atoms with Gasteiger partial charge in [-0.25, -0.2) is 4.79 Å². The molecule has 4 aromatic rings. The summed E-state index contributed by atoms with van der Waals surface area (Å²) in [5, 5.41) is 15.8. The highest BCUT2D eigenvalue weighted by Gasteiger charge is 2.21. The first-order chi connectivity index (χ1) is 14.4. The first-order valence-corrected chi connectivity index (χ1v) is 9.40. The number of nitrogens with zero attached hydrogens (tertiary/aromatic N) is 2. The van der Waals surface area contributed by atoms with E-state index in [-0.39, 0.29) is 17.1 Å². The summed E-state index contributed by atoms with van der Waals surface area (Å²) in [4.78, 5) is 25.2. The van der Waals surface area contributed by atoms with Crippen LogP contribution in [-0.4, -0.2) is 33.2 Å². The van der Waals surface area contributed by atoms with Crippen LogP contribution in [0.4, 0.5) is 0 Å². The number of fused-ring (bicyclic) bond motifs is 1. The number of phenols is 1. The highest BCUT2D eigenvalue weighted by atomic mass is 16.5. The number of aromatic hydroxyl groups is 1. The van der Waals surface area contributed by atoms with Crippen LogP contribution in [0.3, 0.4) is 0 Å². The normalized spacial score (nSPS) is 11.0. The Balaban J connectivity index is 1.53. The van der Waals surface area contributed by atoms with Crippen molar-refractivity contribution in [3.63, 3.8) is 0 Å². The van der Waals surface area contributed by atoms with Crippen molar-refractivity contribution in [3.05, 3.63) is 76.8 Å². The van der Waals surface area contributed by atoms with Gasteiger partial charge in [0.25, 0.3) is 0 Å². The highest BCUT2D eigenvalue weighted by molar-refractivity contribution is 6.03. The topological polar surface area (TPSA) is 94.6 Å². The van der Waals surface area contributed by atoms with Crippen molar-refractivity contribution in [2.24, 2.45) is 0 Å². The molecule has 0 amide bonds. The number of hydrogen-bond donors (Lipinski definition) is 1. The summed E-state index contributed by atoms with van der Waals surface area (Å²) in [5.41, 5.74) is 1.94. The van der Waals surface area contributed by atoms with Gasteiger partial charge in [-0.2, -0.15) is 0 Å². The van der Waals surface area contributed by atoms with E-state index in [0.29, 0.717) is 28.2 Å². The van der Waals surface area contributed by atoms with E-state index in [1.807, 2.05) is 19.1 Å². The largest absolute Gasteiger partial charge is 0.506 e. The van der Waals surface area contributed by atoms with Gasteiger partial charge in [0, 0.05) is 28.4 Å². The summed E-state index contributed by atoms with van der Waals surface area (Å²) in [6.45, 7) is 5.00. The van der Waals surface area contributed by atoms with Gasteiger partial charge in [-0.3, -0.25) is 9.36 Å². The van der Waals surface area contributed by atoms with Crippen molar-refractivity contribution in [1.82, 2.24) is 9.72 Å². The lowest BCUT2D eigenvalue weighted by molar-refractivity contribution is 0.0472. The average Bonchev–Trinajstić information content (AvgIpc) is 3.28. The zero-order valence-corrected chi connectivity index (χ0v) is 16.8. The maximum Gasteiger partial charge on any atom is 0.342 e. The molecule has 0 aliphatic heterocycles. The van der Waals surface area contributed by atoms with Crippen LogP contribution in [0.15, 0.2) is 53.1 Å². The summed E-state index contributed by atoms with van der Waals surface area (Å²) in [6, 6.07) is 13.9. The van der Waals surface area contributed by atoms with Gasteiger partial charge in [-0.05, 0) is 38.3 Å². The highest BCUT2D eigenvalue weighted by Crippen LogP contribution is 2.29. The number of carbonyl (C=O) groups is 2. The zero-order valence-electron chi connectivity index (χ0n) is 16.8. The fraction of sp³-hybridized carbons (Fsp3) is 0.174. The smallest absolute Gasteiger partial charge is 0.342 e. The van der Waals surface area contributed by atoms with Crippen molar-refractivity contribution < 1.29 is 24.0 Å². The van der Waals surface area contributed by atoms with E-state index in [1.165, 1.54) is 6.07 Å². The lowest BCUT2D eigenvalue weighted by atomic mass is 10.1. The molecular weight excluding hydrogens is 384 g/mol. The molecule has 4 rings (SSSR count). The average molecular weight is 404 g/mol. The van der Waals surface area contributed by atoms with Crippen LogP contribution in [0.25, 0.3) is 16.6 Å². The second-order valence-electron chi connectivity index (χ2n) is 7.10. The molecular formula is C23H20N2O5. The number of rotatable bonds is 5. The van der Waals surface area contributed by atoms with Crippen molar-refractivity contribution in [2.45, 2.75) is 20.8 Å². The van der Waals surface area contributed by atoms with Gasteiger partial charge in [-0.1, -0.05) is 35.5 Å². The molecule has 0 aliphatic rings. The standard InChI is InChI=1S/C23H20N2O5/c1-13-10-19(15(3)25(13)21-11-14(2)30-24-21)20(26)12-29-23(28)18-9-8-16-6-4-5-7-17(16)22(18)27/h4-11,27H,12H2,1-3H3. The second-order valence-corrected chi connectivity index (χ2v) is 7.10. The molecule has 7 nitrogen and oxygen atoms in total. The van der Waals surface area contributed by atoms with Gasteiger partial charge in [0.15, 0.2) is 12.4 Å². The molecule has 0 saturated heterocycles. The van der Waals surface area contributed by atoms with Crippen LogP contribution < -0.4 is 0 Å². The number of phenolic OH excluding ortho intramolecular Hbond substituents is 1. The Labute approximate surface area is 172 Å². The minimum atomic E-state index is -0.757. The maximum atomic E-state index is 12.7. The molecule has 0 radical (unpaired) electrons. The Morgan fingerprint density at radius 3 is 2.57 bits per heavy atom. The molecule has 1 N–H and O–H groups in total. The fourth-order valence-electron chi connectivity index (χ4n) is 3.56. The van der Waals surface area contributed by atoms with Gasteiger partial charge in [-0.15, -0.1) is 0 Å². The lowest BCUT2D eigenvalue weighted by Crippen LogP contribution is -2.15. The molecule has 0 bridgehead atoms. The summed E-state index contributed by atoms with van der Waals surface area (Å²) in [6.07, 6.45) is 0. The molecule has 2 heterocycles. The van der Waals surface area contributed by atoms with E-state index in [2.05, 4.69) is 5.16 Å². The van der Waals surface area contributed by atoms with Crippen LogP contribution in [-0.2, 0) is 4.74 Å². The molecule has 2 aromatic heterocycles. The van der Waals surface area contributed by atoms with Crippen molar-refractivity contribution in [2.75, 3.05) is 6.61 Å². The number of carbonyl (C=O) groups excluding carboxylic acids is 2. The Hall–Kier alpha value is -3.87. The van der Waals surface area contributed by atoms with E-state index in [0.717, 1.165) is 11.1 Å². The fourth-order valence-corrected chi connectivity index (χ4v) is 3.56. The third-order valence-corrected chi connectivity index (χ3v) is 5.03. The predicted octanol–water partition coefficient (Wildman–Crippen LogP) is 4.29. The zero-order chi connectivity index (χ0) is 21.4. The van der Waals surface area contributed by atoms with E-state index >= 15 is 0 Å². The summed E-state index contributed by atoms with van der Waals surface area (Å²) in [5.74, 6) is -0.0185. The molecule has 7 heteroatoms. The molecule has 0 fully saturated rings. The second kappa shape index (κ2) is 7.51. The lowest BCUT2D eigenvalue weighted by Gasteiger charge is -2.08. The number of aromatic nitrogens is 2. The molecule has 0 spiro atoms. The Bertz CT molecular complexity index is 1280. The van der Waals surface area contributed by atoms with Crippen molar-refractivity contribution >= 4 is 22.5 Å². The van der Waals surface area contributed by atoms with Gasteiger partial charge in [0.1, 0.15) is 17.1 Å². The van der Waals surface area contributed by atoms with Crippen molar-refractivity contribution in [3.8, 4) is 11.6 Å². The summed E-state index contributed by atoms with van der Waals surface area (Å²) >= 11 is 0.